The zero-order chi connectivity index (χ0) is 10.2. The third-order valence-electron chi connectivity index (χ3n) is 3.29. The largest absolute Gasteiger partial charge is 0.480 e. The van der Waals surface area contributed by atoms with Gasteiger partial charge < -0.3 is 10.4 Å². The van der Waals surface area contributed by atoms with E-state index in [0.717, 1.165) is 19.5 Å². The molecule has 1 unspecified atom stereocenters. The van der Waals surface area contributed by atoms with E-state index in [1.807, 2.05) is 6.92 Å². The predicted octanol–water partition coefficient (Wildman–Crippen LogP) is 0.287. The predicted molar refractivity (Wildman–Crippen MR) is 53.3 cm³/mol. The van der Waals surface area contributed by atoms with Crippen LogP contribution in [0, 0.1) is 0 Å². The number of likely N-dealkylation sites (N-methyl/N-ethyl adjacent to an activating group) is 1. The van der Waals surface area contributed by atoms with Crippen LogP contribution in [0.1, 0.15) is 26.2 Å². The minimum Gasteiger partial charge on any atom is -0.480 e. The van der Waals surface area contributed by atoms with Gasteiger partial charge in [-0.15, -0.1) is 0 Å². The Hall–Kier alpha value is -0.610. The van der Waals surface area contributed by atoms with Crippen molar-refractivity contribution in [3.63, 3.8) is 0 Å². The summed E-state index contributed by atoms with van der Waals surface area (Å²) in [5.41, 5.74) is -0.669. The molecule has 0 aromatic carbocycles. The highest BCUT2D eigenvalue weighted by Crippen LogP contribution is 2.33. The molecule has 14 heavy (non-hydrogen) atoms. The van der Waals surface area contributed by atoms with Crippen LogP contribution in [0.3, 0.4) is 0 Å². The minimum absolute atomic E-state index is 0.669. The van der Waals surface area contributed by atoms with E-state index in [0.29, 0.717) is 12.6 Å². The lowest BCUT2D eigenvalue weighted by Gasteiger charge is -2.25. The van der Waals surface area contributed by atoms with Crippen molar-refractivity contribution in [2.45, 2.75) is 37.8 Å². The molecule has 0 aromatic rings. The number of hydrogen-bond acceptors (Lipinski definition) is 3. The number of nitrogens with one attached hydrogen (secondary N) is 1. The molecular weight excluding hydrogens is 180 g/mol. The maximum Gasteiger partial charge on any atom is 0.325 e. The first-order chi connectivity index (χ1) is 6.68. The van der Waals surface area contributed by atoms with E-state index < -0.39 is 11.5 Å². The lowest BCUT2D eigenvalue weighted by atomic mass is 9.99. The first kappa shape index (κ1) is 9.93. The molecule has 0 bridgehead atoms. The smallest absolute Gasteiger partial charge is 0.325 e. The molecular formula is C10H18N2O2. The van der Waals surface area contributed by atoms with Crippen molar-refractivity contribution in [1.82, 2.24) is 10.2 Å². The van der Waals surface area contributed by atoms with Gasteiger partial charge in [-0.3, -0.25) is 9.69 Å². The SMILES string of the molecule is CCNC1(C(=O)O)CCN(C2CC2)C1. The van der Waals surface area contributed by atoms with Gasteiger partial charge in [-0.2, -0.15) is 0 Å². The number of likely N-dealkylation sites (tertiary alicyclic amines) is 1. The van der Waals surface area contributed by atoms with Crippen molar-refractivity contribution in [2.24, 2.45) is 0 Å². The average Bonchev–Trinajstić information content (AvgIpc) is 2.89. The Bertz CT molecular complexity index is 240. The molecule has 80 valence electrons. The van der Waals surface area contributed by atoms with E-state index in [1.165, 1.54) is 12.8 Å². The van der Waals surface area contributed by atoms with Gasteiger partial charge in [-0.25, -0.2) is 0 Å². The Morgan fingerprint density at radius 1 is 1.64 bits per heavy atom. The Labute approximate surface area is 84.3 Å². The van der Waals surface area contributed by atoms with Crippen LogP contribution < -0.4 is 5.32 Å². The molecule has 0 radical (unpaired) electrons. The Morgan fingerprint density at radius 3 is 2.86 bits per heavy atom. The summed E-state index contributed by atoms with van der Waals surface area (Å²) in [4.78, 5) is 13.5. The molecule has 1 saturated heterocycles. The molecule has 4 heteroatoms. The van der Waals surface area contributed by atoms with Gasteiger partial charge in [0.05, 0.1) is 0 Å². The highest BCUT2D eigenvalue weighted by atomic mass is 16.4. The summed E-state index contributed by atoms with van der Waals surface area (Å²) in [6.07, 6.45) is 3.25. The maximum absolute atomic E-state index is 11.2. The van der Waals surface area contributed by atoms with Gasteiger partial charge in [0.15, 0.2) is 0 Å². The van der Waals surface area contributed by atoms with E-state index in [9.17, 15) is 9.90 Å². The van der Waals surface area contributed by atoms with E-state index in [1.54, 1.807) is 0 Å². The molecule has 1 heterocycles. The topological polar surface area (TPSA) is 52.6 Å². The van der Waals surface area contributed by atoms with Gasteiger partial charge in [0.1, 0.15) is 5.54 Å². The molecule has 1 saturated carbocycles. The first-order valence-electron chi connectivity index (χ1n) is 5.40. The molecule has 1 aliphatic heterocycles. The molecule has 2 fully saturated rings. The number of carboxylic acids is 1. The third kappa shape index (κ3) is 1.64. The molecule has 0 amide bonds. The Kier molecular flexibility index (Phi) is 2.49. The van der Waals surface area contributed by atoms with Crippen molar-refractivity contribution in [3.8, 4) is 0 Å². The first-order valence-corrected chi connectivity index (χ1v) is 5.40. The molecule has 2 aliphatic rings. The van der Waals surface area contributed by atoms with Crippen molar-refractivity contribution in [3.05, 3.63) is 0 Å². The highest BCUT2D eigenvalue weighted by Gasteiger charge is 2.47. The summed E-state index contributed by atoms with van der Waals surface area (Å²) in [6, 6.07) is 0.676. The summed E-state index contributed by atoms with van der Waals surface area (Å²) in [7, 11) is 0. The second kappa shape index (κ2) is 3.51. The zero-order valence-corrected chi connectivity index (χ0v) is 8.62. The van der Waals surface area contributed by atoms with Crippen LogP contribution >= 0.6 is 0 Å². The summed E-state index contributed by atoms with van der Waals surface area (Å²) < 4.78 is 0. The normalized spacial score (nSPS) is 33.5. The number of carboxylic acid groups (broad SMARTS) is 1. The number of rotatable bonds is 4. The Morgan fingerprint density at radius 2 is 2.36 bits per heavy atom. The summed E-state index contributed by atoms with van der Waals surface area (Å²) in [5.74, 6) is -0.692. The molecule has 4 nitrogen and oxygen atoms in total. The fourth-order valence-corrected chi connectivity index (χ4v) is 2.32. The van der Waals surface area contributed by atoms with E-state index in [4.69, 9.17) is 0 Å². The van der Waals surface area contributed by atoms with Crippen LogP contribution in [0.2, 0.25) is 0 Å². The Balaban J connectivity index is 2.02. The van der Waals surface area contributed by atoms with Gasteiger partial charge in [0.25, 0.3) is 0 Å². The van der Waals surface area contributed by atoms with Gasteiger partial charge >= 0.3 is 5.97 Å². The van der Waals surface area contributed by atoms with Crippen LogP contribution in [-0.2, 0) is 4.79 Å². The van der Waals surface area contributed by atoms with Crippen LogP contribution in [0.4, 0.5) is 0 Å². The standard InChI is InChI=1S/C10H18N2O2/c1-2-11-10(9(13)14)5-6-12(7-10)8-3-4-8/h8,11H,2-7H2,1H3,(H,13,14). The average molecular weight is 198 g/mol. The fourth-order valence-electron chi connectivity index (χ4n) is 2.32. The van der Waals surface area contributed by atoms with E-state index in [-0.39, 0.29) is 0 Å². The highest BCUT2D eigenvalue weighted by molar-refractivity contribution is 5.79. The number of carbonyl (C=O) groups is 1. The van der Waals surface area contributed by atoms with Crippen LogP contribution in [0.5, 0.6) is 0 Å². The third-order valence-corrected chi connectivity index (χ3v) is 3.29. The summed E-state index contributed by atoms with van der Waals surface area (Å²) in [6.45, 7) is 4.31. The number of aliphatic carboxylic acids is 1. The molecule has 1 aliphatic carbocycles. The zero-order valence-electron chi connectivity index (χ0n) is 8.62. The van der Waals surface area contributed by atoms with Gasteiger partial charge in [-0.1, -0.05) is 6.92 Å². The molecule has 0 aromatic heterocycles. The lowest BCUT2D eigenvalue weighted by molar-refractivity contribution is -0.144. The second-order valence-corrected chi connectivity index (χ2v) is 4.37. The van der Waals surface area contributed by atoms with Crippen LogP contribution in [-0.4, -0.2) is 47.2 Å². The number of hydrogen-bond donors (Lipinski definition) is 2. The molecule has 1 atom stereocenters. The van der Waals surface area contributed by atoms with Crippen molar-refractivity contribution in [2.75, 3.05) is 19.6 Å². The van der Waals surface area contributed by atoms with Crippen molar-refractivity contribution in [1.29, 1.82) is 0 Å². The van der Waals surface area contributed by atoms with Gasteiger partial charge in [-0.05, 0) is 25.8 Å². The monoisotopic (exact) mass is 198 g/mol. The van der Waals surface area contributed by atoms with Crippen LogP contribution in [0.15, 0.2) is 0 Å². The second-order valence-electron chi connectivity index (χ2n) is 4.37. The van der Waals surface area contributed by atoms with Crippen molar-refractivity contribution < 1.29 is 9.90 Å². The minimum atomic E-state index is -0.692. The van der Waals surface area contributed by atoms with E-state index >= 15 is 0 Å². The quantitative estimate of drug-likeness (QED) is 0.681. The molecule has 2 N–H and O–H groups in total. The van der Waals surface area contributed by atoms with Gasteiger partial charge in [0, 0.05) is 19.1 Å². The summed E-state index contributed by atoms with van der Waals surface area (Å²) >= 11 is 0. The maximum atomic E-state index is 11.2. The molecule has 2 rings (SSSR count). The van der Waals surface area contributed by atoms with Crippen LogP contribution in [0.25, 0.3) is 0 Å². The number of nitrogens with zero attached hydrogens (tertiary/aromatic N) is 1. The summed E-state index contributed by atoms with van der Waals surface area (Å²) in [5, 5.41) is 12.4. The van der Waals surface area contributed by atoms with E-state index in [2.05, 4.69) is 10.2 Å². The van der Waals surface area contributed by atoms with Gasteiger partial charge in [0.2, 0.25) is 0 Å². The van der Waals surface area contributed by atoms with Crippen molar-refractivity contribution >= 4 is 5.97 Å². The lowest BCUT2D eigenvalue weighted by Crippen LogP contribution is -2.54. The fraction of sp³-hybridized carbons (Fsp3) is 0.900. The molecule has 0 spiro atoms.